The maximum Gasteiger partial charge on any atom is 0.248 e. The molecule has 0 heterocycles. The zero-order valence-electron chi connectivity index (χ0n) is 15.6. The van der Waals surface area contributed by atoms with E-state index in [1.54, 1.807) is 25.3 Å². The monoisotopic (exact) mass is 373 g/mol. The van der Waals surface area contributed by atoms with E-state index in [2.05, 4.69) is 5.32 Å². The summed E-state index contributed by atoms with van der Waals surface area (Å²) in [7, 11) is 1.56. The van der Waals surface area contributed by atoms with Crippen LogP contribution in [0.5, 0.6) is 11.5 Å². The van der Waals surface area contributed by atoms with Crippen molar-refractivity contribution >= 4 is 29.3 Å². The fraction of sp³-hybridized carbons (Fsp3) is 0.286. The minimum absolute atomic E-state index is 0.205. The standard InChI is InChI=1S/C21H24ClNO3/c1-5-11-26-21-17(22)12-16(13-18(21)25-4)9-10-19(24)23-20-14(2)7-6-8-15(20)3/h6-10,12-13H,5,11H2,1-4H3,(H,23,24)/b10-9+. The number of amides is 1. The Labute approximate surface area is 159 Å². The van der Waals surface area contributed by atoms with Gasteiger partial charge in [0, 0.05) is 11.8 Å². The van der Waals surface area contributed by atoms with E-state index in [1.807, 2.05) is 39.0 Å². The van der Waals surface area contributed by atoms with Crippen LogP contribution >= 0.6 is 11.6 Å². The number of methoxy groups -OCH3 is 1. The first kappa shape index (κ1) is 19.9. The molecule has 1 N–H and O–H groups in total. The minimum Gasteiger partial charge on any atom is -0.493 e. The van der Waals surface area contributed by atoms with Crippen LogP contribution in [0.2, 0.25) is 5.02 Å². The highest BCUT2D eigenvalue weighted by atomic mass is 35.5. The van der Waals surface area contributed by atoms with E-state index in [0.29, 0.717) is 23.1 Å². The van der Waals surface area contributed by atoms with E-state index in [-0.39, 0.29) is 5.91 Å². The van der Waals surface area contributed by atoms with Crippen molar-refractivity contribution < 1.29 is 14.3 Å². The quantitative estimate of drug-likeness (QED) is 0.660. The first-order valence-corrected chi connectivity index (χ1v) is 8.89. The average Bonchev–Trinajstić information content (AvgIpc) is 2.61. The summed E-state index contributed by atoms with van der Waals surface area (Å²) in [5.74, 6) is 0.859. The molecule has 0 fully saturated rings. The summed E-state index contributed by atoms with van der Waals surface area (Å²) in [6.07, 6.45) is 4.05. The predicted octanol–water partition coefficient (Wildman–Crippen LogP) is 5.41. The summed E-state index contributed by atoms with van der Waals surface area (Å²) in [4.78, 5) is 12.3. The average molecular weight is 374 g/mol. The number of halogens is 1. The molecule has 0 aromatic heterocycles. The molecule has 26 heavy (non-hydrogen) atoms. The van der Waals surface area contributed by atoms with Crippen LogP contribution in [0.25, 0.3) is 6.08 Å². The Kier molecular flexibility index (Phi) is 7.10. The van der Waals surface area contributed by atoms with E-state index in [0.717, 1.165) is 28.8 Å². The molecule has 0 aliphatic carbocycles. The second kappa shape index (κ2) is 9.30. The van der Waals surface area contributed by atoms with Crippen molar-refractivity contribution in [2.45, 2.75) is 27.2 Å². The molecule has 2 aromatic rings. The second-order valence-electron chi connectivity index (χ2n) is 5.97. The third kappa shape index (κ3) is 5.02. The summed E-state index contributed by atoms with van der Waals surface area (Å²) in [6, 6.07) is 9.43. The number of para-hydroxylation sites is 1. The van der Waals surface area contributed by atoms with Crippen LogP contribution in [0.4, 0.5) is 5.69 Å². The van der Waals surface area contributed by atoms with Gasteiger partial charge in [0.1, 0.15) is 0 Å². The molecule has 0 aliphatic heterocycles. The van der Waals surface area contributed by atoms with Gasteiger partial charge in [0.25, 0.3) is 0 Å². The molecular formula is C21H24ClNO3. The molecule has 0 unspecified atom stereocenters. The van der Waals surface area contributed by atoms with Gasteiger partial charge in [0.05, 0.1) is 18.7 Å². The van der Waals surface area contributed by atoms with Gasteiger partial charge < -0.3 is 14.8 Å². The molecule has 4 nitrogen and oxygen atoms in total. The molecule has 2 aromatic carbocycles. The number of rotatable bonds is 7. The maximum absolute atomic E-state index is 12.3. The highest BCUT2D eigenvalue weighted by molar-refractivity contribution is 6.32. The fourth-order valence-electron chi connectivity index (χ4n) is 2.53. The molecule has 0 atom stereocenters. The first-order chi connectivity index (χ1) is 12.5. The summed E-state index contributed by atoms with van der Waals surface area (Å²) in [6.45, 7) is 6.51. The van der Waals surface area contributed by atoms with Crippen molar-refractivity contribution in [3.8, 4) is 11.5 Å². The third-order valence-electron chi connectivity index (χ3n) is 3.86. The molecule has 0 aliphatic rings. The lowest BCUT2D eigenvalue weighted by molar-refractivity contribution is -0.111. The minimum atomic E-state index is -0.205. The predicted molar refractivity (Wildman–Crippen MR) is 107 cm³/mol. The number of benzene rings is 2. The van der Waals surface area contributed by atoms with E-state index < -0.39 is 0 Å². The summed E-state index contributed by atoms with van der Waals surface area (Å²) >= 11 is 6.30. The number of hydrogen-bond acceptors (Lipinski definition) is 3. The van der Waals surface area contributed by atoms with Crippen LogP contribution in [0.1, 0.15) is 30.0 Å². The van der Waals surface area contributed by atoms with Gasteiger partial charge in [0.2, 0.25) is 5.91 Å². The van der Waals surface area contributed by atoms with Gasteiger partial charge in [-0.05, 0) is 55.2 Å². The van der Waals surface area contributed by atoms with Crippen molar-refractivity contribution in [3.63, 3.8) is 0 Å². The molecule has 0 bridgehead atoms. The van der Waals surface area contributed by atoms with Crippen LogP contribution < -0.4 is 14.8 Å². The van der Waals surface area contributed by atoms with Gasteiger partial charge in [-0.3, -0.25) is 4.79 Å². The molecule has 0 saturated carbocycles. The van der Waals surface area contributed by atoms with E-state index in [4.69, 9.17) is 21.1 Å². The lowest BCUT2D eigenvalue weighted by Crippen LogP contribution is -2.10. The largest absolute Gasteiger partial charge is 0.493 e. The highest BCUT2D eigenvalue weighted by Gasteiger charge is 2.11. The molecule has 138 valence electrons. The Morgan fingerprint density at radius 1 is 1.23 bits per heavy atom. The second-order valence-corrected chi connectivity index (χ2v) is 6.38. The molecule has 0 spiro atoms. The molecule has 0 saturated heterocycles. The summed E-state index contributed by atoms with van der Waals surface area (Å²) in [5.41, 5.74) is 3.64. The van der Waals surface area contributed by atoms with Gasteiger partial charge in [-0.2, -0.15) is 0 Å². The van der Waals surface area contributed by atoms with Crippen LogP contribution in [-0.4, -0.2) is 19.6 Å². The lowest BCUT2D eigenvalue weighted by Gasteiger charge is -2.12. The molecule has 0 radical (unpaired) electrons. The lowest BCUT2D eigenvalue weighted by atomic mass is 10.1. The normalized spacial score (nSPS) is 10.8. The van der Waals surface area contributed by atoms with Gasteiger partial charge >= 0.3 is 0 Å². The summed E-state index contributed by atoms with van der Waals surface area (Å²) < 4.78 is 11.0. The number of nitrogens with one attached hydrogen (secondary N) is 1. The van der Waals surface area contributed by atoms with Gasteiger partial charge in [-0.1, -0.05) is 36.7 Å². The molecular weight excluding hydrogens is 350 g/mol. The highest BCUT2D eigenvalue weighted by Crippen LogP contribution is 2.36. The molecule has 2 rings (SSSR count). The Bertz CT molecular complexity index is 795. The zero-order valence-corrected chi connectivity index (χ0v) is 16.3. The maximum atomic E-state index is 12.3. The van der Waals surface area contributed by atoms with Crippen molar-refractivity contribution in [3.05, 3.63) is 58.1 Å². The number of hydrogen-bond donors (Lipinski definition) is 1. The number of carbonyl (C=O) groups is 1. The number of ether oxygens (including phenoxy) is 2. The van der Waals surface area contributed by atoms with Crippen LogP contribution in [0.15, 0.2) is 36.4 Å². The molecule has 1 amide bonds. The van der Waals surface area contributed by atoms with Crippen LogP contribution in [0.3, 0.4) is 0 Å². The van der Waals surface area contributed by atoms with E-state index in [9.17, 15) is 4.79 Å². The van der Waals surface area contributed by atoms with Crippen molar-refractivity contribution in [1.29, 1.82) is 0 Å². The van der Waals surface area contributed by atoms with Gasteiger partial charge in [-0.15, -0.1) is 0 Å². The Hall–Kier alpha value is -2.46. The topological polar surface area (TPSA) is 47.6 Å². The van der Waals surface area contributed by atoms with Crippen molar-refractivity contribution in [2.75, 3.05) is 19.0 Å². The van der Waals surface area contributed by atoms with Crippen molar-refractivity contribution in [1.82, 2.24) is 0 Å². The van der Waals surface area contributed by atoms with E-state index in [1.165, 1.54) is 6.08 Å². The van der Waals surface area contributed by atoms with Gasteiger partial charge in [-0.25, -0.2) is 0 Å². The smallest absolute Gasteiger partial charge is 0.248 e. The van der Waals surface area contributed by atoms with E-state index >= 15 is 0 Å². The summed E-state index contributed by atoms with van der Waals surface area (Å²) in [5, 5.41) is 3.37. The number of carbonyl (C=O) groups excluding carboxylic acids is 1. The first-order valence-electron chi connectivity index (χ1n) is 8.51. The number of aryl methyl sites for hydroxylation is 2. The Morgan fingerprint density at radius 2 is 1.92 bits per heavy atom. The SMILES string of the molecule is CCCOc1c(Cl)cc(/C=C/C(=O)Nc2c(C)cccc2C)cc1OC. The molecule has 5 heteroatoms. The van der Waals surface area contributed by atoms with Crippen LogP contribution in [0, 0.1) is 13.8 Å². The number of anilines is 1. The fourth-order valence-corrected chi connectivity index (χ4v) is 2.80. The third-order valence-corrected chi connectivity index (χ3v) is 4.14. The van der Waals surface area contributed by atoms with Gasteiger partial charge in [0.15, 0.2) is 11.5 Å². The zero-order chi connectivity index (χ0) is 19.1. The van der Waals surface area contributed by atoms with Crippen LogP contribution in [-0.2, 0) is 4.79 Å². The Morgan fingerprint density at radius 3 is 2.54 bits per heavy atom. The van der Waals surface area contributed by atoms with Crippen molar-refractivity contribution in [2.24, 2.45) is 0 Å². The Balaban J connectivity index is 2.16.